The van der Waals surface area contributed by atoms with Crippen molar-refractivity contribution in [2.75, 3.05) is 0 Å². The quantitative estimate of drug-likeness (QED) is 0.851. The fourth-order valence-electron chi connectivity index (χ4n) is 1.55. The first-order valence-electron chi connectivity index (χ1n) is 4.57. The van der Waals surface area contributed by atoms with E-state index in [1.165, 1.54) is 6.07 Å². The van der Waals surface area contributed by atoms with E-state index >= 15 is 0 Å². The molecule has 0 saturated heterocycles. The standard InChI is InChI=1S/C11H9ClO3/c1-2-6-3-8(12)4-7-5-9(11(13)14)15-10(6)7/h3-5H,2H2,1H3,(H,13,14). The first-order chi connectivity index (χ1) is 7.11. The molecule has 3 nitrogen and oxygen atoms in total. The van der Waals surface area contributed by atoms with E-state index in [2.05, 4.69) is 0 Å². The highest BCUT2D eigenvalue weighted by molar-refractivity contribution is 6.31. The molecule has 2 rings (SSSR count). The van der Waals surface area contributed by atoms with Gasteiger partial charge in [0.1, 0.15) is 5.58 Å². The van der Waals surface area contributed by atoms with Gasteiger partial charge in [0.05, 0.1) is 0 Å². The van der Waals surface area contributed by atoms with Crippen molar-refractivity contribution < 1.29 is 14.3 Å². The van der Waals surface area contributed by atoms with Gasteiger partial charge in [0.25, 0.3) is 0 Å². The van der Waals surface area contributed by atoms with Crippen LogP contribution in [0.3, 0.4) is 0 Å². The van der Waals surface area contributed by atoms with E-state index in [0.29, 0.717) is 10.6 Å². The van der Waals surface area contributed by atoms with Crippen LogP contribution in [-0.2, 0) is 6.42 Å². The van der Waals surface area contributed by atoms with Gasteiger partial charge in [0.2, 0.25) is 5.76 Å². The Balaban J connectivity index is 2.74. The molecule has 0 radical (unpaired) electrons. The molecule has 1 aromatic heterocycles. The molecule has 15 heavy (non-hydrogen) atoms. The second-order valence-electron chi connectivity index (χ2n) is 3.25. The molecule has 2 aromatic rings. The van der Waals surface area contributed by atoms with Gasteiger partial charge in [-0.25, -0.2) is 4.79 Å². The lowest BCUT2D eigenvalue weighted by Crippen LogP contribution is -1.91. The number of halogens is 1. The number of carboxylic acid groups (broad SMARTS) is 1. The van der Waals surface area contributed by atoms with E-state index in [-0.39, 0.29) is 5.76 Å². The maximum Gasteiger partial charge on any atom is 0.371 e. The van der Waals surface area contributed by atoms with Gasteiger partial charge < -0.3 is 9.52 Å². The number of hydrogen-bond acceptors (Lipinski definition) is 2. The molecule has 0 atom stereocenters. The van der Waals surface area contributed by atoms with Crippen LogP contribution in [0.4, 0.5) is 0 Å². The average molecular weight is 225 g/mol. The van der Waals surface area contributed by atoms with E-state index < -0.39 is 5.97 Å². The summed E-state index contributed by atoms with van der Waals surface area (Å²) >= 11 is 5.90. The number of aromatic carboxylic acids is 1. The lowest BCUT2D eigenvalue weighted by Gasteiger charge is -1.98. The zero-order valence-corrected chi connectivity index (χ0v) is 8.84. The Labute approximate surface area is 91.3 Å². The predicted octanol–water partition coefficient (Wildman–Crippen LogP) is 3.35. The van der Waals surface area contributed by atoms with Crippen LogP contribution in [0.5, 0.6) is 0 Å². The van der Waals surface area contributed by atoms with Crippen molar-refractivity contribution in [2.45, 2.75) is 13.3 Å². The molecular weight excluding hydrogens is 216 g/mol. The molecule has 0 unspecified atom stereocenters. The van der Waals surface area contributed by atoms with E-state index in [0.717, 1.165) is 17.4 Å². The Hall–Kier alpha value is -1.48. The highest BCUT2D eigenvalue weighted by Crippen LogP contribution is 2.27. The summed E-state index contributed by atoms with van der Waals surface area (Å²) in [6, 6.07) is 4.98. The third kappa shape index (κ3) is 1.70. The smallest absolute Gasteiger partial charge is 0.371 e. The van der Waals surface area contributed by atoms with Gasteiger partial charge >= 0.3 is 5.97 Å². The summed E-state index contributed by atoms with van der Waals surface area (Å²) in [4.78, 5) is 10.7. The van der Waals surface area contributed by atoms with Gasteiger partial charge in [0, 0.05) is 10.4 Å². The zero-order valence-electron chi connectivity index (χ0n) is 8.08. The summed E-state index contributed by atoms with van der Waals surface area (Å²) in [7, 11) is 0. The van der Waals surface area contributed by atoms with Crippen LogP contribution in [0.15, 0.2) is 22.6 Å². The van der Waals surface area contributed by atoms with Crippen LogP contribution < -0.4 is 0 Å². The Bertz CT molecular complexity index is 528. The maximum atomic E-state index is 10.7. The summed E-state index contributed by atoms with van der Waals surface area (Å²) in [6.07, 6.45) is 0.754. The maximum absolute atomic E-state index is 10.7. The molecule has 0 fully saturated rings. The Morgan fingerprint density at radius 2 is 2.20 bits per heavy atom. The minimum Gasteiger partial charge on any atom is -0.475 e. The minimum atomic E-state index is -1.07. The minimum absolute atomic E-state index is 0.0537. The van der Waals surface area contributed by atoms with Gasteiger partial charge in [-0.05, 0) is 30.2 Å². The van der Waals surface area contributed by atoms with Crippen molar-refractivity contribution >= 4 is 28.5 Å². The van der Waals surface area contributed by atoms with Crippen LogP contribution in [-0.4, -0.2) is 11.1 Å². The molecule has 0 aliphatic rings. The normalized spacial score (nSPS) is 10.8. The molecule has 0 bridgehead atoms. The average Bonchev–Trinajstić information content (AvgIpc) is 2.59. The first kappa shape index (κ1) is 10.1. The lowest BCUT2D eigenvalue weighted by molar-refractivity contribution is 0.0665. The van der Waals surface area contributed by atoms with Gasteiger partial charge in [-0.2, -0.15) is 0 Å². The third-order valence-electron chi connectivity index (χ3n) is 2.25. The van der Waals surface area contributed by atoms with Gasteiger partial charge in [-0.1, -0.05) is 18.5 Å². The van der Waals surface area contributed by atoms with Gasteiger partial charge in [-0.15, -0.1) is 0 Å². The van der Waals surface area contributed by atoms with Crippen LogP contribution in [0.1, 0.15) is 23.0 Å². The number of furan rings is 1. The van der Waals surface area contributed by atoms with Crippen molar-refractivity contribution in [3.8, 4) is 0 Å². The van der Waals surface area contributed by atoms with Gasteiger partial charge in [-0.3, -0.25) is 0 Å². The molecule has 0 spiro atoms. The molecule has 78 valence electrons. The first-order valence-corrected chi connectivity index (χ1v) is 4.95. The number of fused-ring (bicyclic) bond motifs is 1. The van der Waals surface area contributed by atoms with E-state index in [1.807, 2.05) is 6.92 Å². The summed E-state index contributed by atoms with van der Waals surface area (Å²) in [5, 5.41) is 10.1. The molecule has 1 N–H and O–H groups in total. The summed E-state index contributed by atoms with van der Waals surface area (Å²) in [6.45, 7) is 1.97. The summed E-state index contributed by atoms with van der Waals surface area (Å²) in [5.41, 5.74) is 1.53. The number of aryl methyl sites for hydroxylation is 1. The van der Waals surface area contributed by atoms with Crippen molar-refractivity contribution in [3.63, 3.8) is 0 Å². The lowest BCUT2D eigenvalue weighted by atomic mass is 10.1. The van der Waals surface area contributed by atoms with E-state index in [4.69, 9.17) is 21.1 Å². The Kier molecular flexibility index (Phi) is 2.40. The molecule has 0 aliphatic carbocycles. The summed E-state index contributed by atoms with van der Waals surface area (Å²) < 4.78 is 5.25. The Morgan fingerprint density at radius 1 is 1.47 bits per heavy atom. The van der Waals surface area contributed by atoms with Crippen LogP contribution in [0, 0.1) is 0 Å². The number of carboxylic acids is 1. The molecule has 0 amide bonds. The third-order valence-corrected chi connectivity index (χ3v) is 2.47. The predicted molar refractivity (Wildman–Crippen MR) is 57.6 cm³/mol. The highest BCUT2D eigenvalue weighted by Gasteiger charge is 2.13. The van der Waals surface area contributed by atoms with E-state index in [9.17, 15) is 4.79 Å². The zero-order chi connectivity index (χ0) is 11.0. The Morgan fingerprint density at radius 3 is 2.80 bits per heavy atom. The topological polar surface area (TPSA) is 50.4 Å². The number of benzene rings is 1. The largest absolute Gasteiger partial charge is 0.475 e. The van der Waals surface area contributed by atoms with Crippen LogP contribution >= 0.6 is 11.6 Å². The number of hydrogen-bond donors (Lipinski definition) is 1. The fourth-order valence-corrected chi connectivity index (χ4v) is 1.80. The highest BCUT2D eigenvalue weighted by atomic mass is 35.5. The van der Waals surface area contributed by atoms with Crippen molar-refractivity contribution in [1.82, 2.24) is 0 Å². The molecule has 0 saturated carbocycles. The van der Waals surface area contributed by atoms with Crippen molar-refractivity contribution in [3.05, 3.63) is 34.5 Å². The number of carbonyl (C=O) groups is 1. The van der Waals surface area contributed by atoms with Crippen LogP contribution in [0.25, 0.3) is 11.0 Å². The van der Waals surface area contributed by atoms with Crippen molar-refractivity contribution in [2.24, 2.45) is 0 Å². The molecule has 0 aliphatic heterocycles. The van der Waals surface area contributed by atoms with Gasteiger partial charge in [0.15, 0.2) is 0 Å². The monoisotopic (exact) mass is 224 g/mol. The molecule has 1 heterocycles. The van der Waals surface area contributed by atoms with Crippen molar-refractivity contribution in [1.29, 1.82) is 0 Å². The SMILES string of the molecule is CCc1cc(Cl)cc2cc(C(=O)O)oc12. The van der Waals surface area contributed by atoms with E-state index in [1.54, 1.807) is 12.1 Å². The molecule has 4 heteroatoms. The second-order valence-corrected chi connectivity index (χ2v) is 3.69. The molecule has 1 aromatic carbocycles. The second kappa shape index (κ2) is 3.59. The number of rotatable bonds is 2. The van der Waals surface area contributed by atoms with Crippen LogP contribution in [0.2, 0.25) is 5.02 Å². The fraction of sp³-hybridized carbons (Fsp3) is 0.182. The molecular formula is C11H9ClO3. The summed E-state index contributed by atoms with van der Waals surface area (Å²) in [5.74, 6) is -1.12.